The summed E-state index contributed by atoms with van der Waals surface area (Å²) >= 11 is 0. The highest BCUT2D eigenvalue weighted by molar-refractivity contribution is 5.93. The summed E-state index contributed by atoms with van der Waals surface area (Å²) in [5, 5.41) is 14.7. The predicted octanol–water partition coefficient (Wildman–Crippen LogP) is 2.28. The standard InChI is InChI=1S/C16H12F4N4O2/c17-10-3-1-9(2-4-10)11-7-13(16(18,19)20)24-14(22-11)8-12(23-24)15(26)21-5-6-25/h1-4,7-8,25H,5-6H2,(H,21,26). The van der Waals surface area contributed by atoms with Crippen molar-refractivity contribution in [1.29, 1.82) is 0 Å². The van der Waals surface area contributed by atoms with E-state index in [1.807, 2.05) is 0 Å². The van der Waals surface area contributed by atoms with Gasteiger partial charge in [0.05, 0.1) is 12.3 Å². The average molecular weight is 368 g/mol. The third kappa shape index (κ3) is 3.49. The van der Waals surface area contributed by atoms with Crippen molar-refractivity contribution in [3.05, 3.63) is 53.6 Å². The van der Waals surface area contributed by atoms with Gasteiger partial charge in [-0.05, 0) is 30.3 Å². The first-order valence-electron chi connectivity index (χ1n) is 7.42. The van der Waals surface area contributed by atoms with Crippen molar-refractivity contribution in [2.75, 3.05) is 13.2 Å². The van der Waals surface area contributed by atoms with E-state index in [0.29, 0.717) is 4.52 Å². The number of aliphatic hydroxyl groups excluding tert-OH is 1. The predicted molar refractivity (Wildman–Crippen MR) is 82.8 cm³/mol. The third-order valence-corrected chi connectivity index (χ3v) is 3.49. The number of rotatable bonds is 4. The molecule has 6 nitrogen and oxygen atoms in total. The number of benzene rings is 1. The Morgan fingerprint density at radius 2 is 1.88 bits per heavy atom. The van der Waals surface area contributed by atoms with Crippen molar-refractivity contribution in [2.45, 2.75) is 6.18 Å². The number of fused-ring (bicyclic) bond motifs is 1. The van der Waals surface area contributed by atoms with Crippen LogP contribution in [0.25, 0.3) is 16.9 Å². The van der Waals surface area contributed by atoms with E-state index in [9.17, 15) is 22.4 Å². The molecule has 1 aromatic carbocycles. The Labute approximate surface area is 144 Å². The molecule has 2 heterocycles. The lowest BCUT2D eigenvalue weighted by Crippen LogP contribution is -2.26. The van der Waals surface area contributed by atoms with Crippen LogP contribution in [0.2, 0.25) is 0 Å². The highest BCUT2D eigenvalue weighted by Gasteiger charge is 2.35. The van der Waals surface area contributed by atoms with Crippen molar-refractivity contribution in [3.8, 4) is 11.3 Å². The van der Waals surface area contributed by atoms with Crippen LogP contribution in [0.4, 0.5) is 17.6 Å². The van der Waals surface area contributed by atoms with Crippen molar-refractivity contribution < 1.29 is 27.5 Å². The van der Waals surface area contributed by atoms with Gasteiger partial charge < -0.3 is 10.4 Å². The summed E-state index contributed by atoms with van der Waals surface area (Å²) in [4.78, 5) is 16.0. The molecule has 0 fully saturated rings. The van der Waals surface area contributed by atoms with Gasteiger partial charge in [-0.25, -0.2) is 13.9 Å². The molecule has 0 radical (unpaired) electrons. The molecule has 0 bridgehead atoms. The lowest BCUT2D eigenvalue weighted by molar-refractivity contribution is -0.142. The van der Waals surface area contributed by atoms with Gasteiger partial charge in [0.2, 0.25) is 0 Å². The van der Waals surface area contributed by atoms with E-state index in [1.54, 1.807) is 0 Å². The van der Waals surface area contributed by atoms with Crippen molar-refractivity contribution in [1.82, 2.24) is 19.9 Å². The molecule has 0 unspecified atom stereocenters. The van der Waals surface area contributed by atoms with Crippen LogP contribution in [-0.2, 0) is 6.18 Å². The summed E-state index contributed by atoms with van der Waals surface area (Å²) in [7, 11) is 0. The van der Waals surface area contributed by atoms with Gasteiger partial charge in [0.15, 0.2) is 17.0 Å². The van der Waals surface area contributed by atoms with Gasteiger partial charge in [-0.15, -0.1) is 0 Å². The Bertz CT molecular complexity index is 951. The molecular formula is C16H12F4N4O2. The topological polar surface area (TPSA) is 79.5 Å². The number of halogens is 4. The Balaban J connectivity index is 2.14. The zero-order chi connectivity index (χ0) is 18.9. The smallest absolute Gasteiger partial charge is 0.395 e. The number of aromatic nitrogens is 3. The van der Waals surface area contributed by atoms with Crippen molar-refractivity contribution in [2.24, 2.45) is 0 Å². The molecule has 3 aromatic rings. The summed E-state index contributed by atoms with van der Waals surface area (Å²) < 4.78 is 53.8. The number of hydrogen-bond donors (Lipinski definition) is 2. The lowest BCUT2D eigenvalue weighted by atomic mass is 10.1. The molecule has 0 atom stereocenters. The van der Waals surface area contributed by atoms with Crippen LogP contribution >= 0.6 is 0 Å². The second-order valence-corrected chi connectivity index (χ2v) is 5.31. The largest absolute Gasteiger partial charge is 0.433 e. The van der Waals surface area contributed by atoms with Crippen LogP contribution < -0.4 is 5.32 Å². The zero-order valence-corrected chi connectivity index (χ0v) is 13.1. The maximum absolute atomic E-state index is 13.4. The second kappa shape index (κ2) is 6.71. The van der Waals surface area contributed by atoms with Gasteiger partial charge in [-0.1, -0.05) is 0 Å². The molecule has 2 aromatic heterocycles. The quantitative estimate of drug-likeness (QED) is 0.693. The molecule has 0 aliphatic heterocycles. The van der Waals surface area contributed by atoms with Crippen LogP contribution in [0.15, 0.2) is 36.4 Å². The van der Waals surface area contributed by atoms with E-state index < -0.39 is 23.6 Å². The maximum atomic E-state index is 13.4. The van der Waals surface area contributed by atoms with E-state index in [1.165, 1.54) is 12.1 Å². The Morgan fingerprint density at radius 1 is 1.19 bits per heavy atom. The summed E-state index contributed by atoms with van der Waals surface area (Å²) in [5.74, 6) is -1.26. The number of alkyl halides is 3. The first-order chi connectivity index (χ1) is 12.3. The van der Waals surface area contributed by atoms with E-state index in [-0.39, 0.29) is 35.8 Å². The molecule has 1 amide bonds. The van der Waals surface area contributed by atoms with Gasteiger partial charge in [0.1, 0.15) is 5.82 Å². The summed E-state index contributed by atoms with van der Waals surface area (Å²) in [6.07, 6.45) is -4.75. The van der Waals surface area contributed by atoms with Gasteiger partial charge in [0, 0.05) is 18.2 Å². The molecule has 0 saturated heterocycles. The minimum atomic E-state index is -4.75. The number of carbonyl (C=O) groups excluding carboxylic acids is 1. The first-order valence-corrected chi connectivity index (χ1v) is 7.42. The summed E-state index contributed by atoms with van der Waals surface area (Å²) in [6, 6.07) is 6.72. The number of hydrogen-bond acceptors (Lipinski definition) is 4. The molecule has 3 rings (SSSR count). The summed E-state index contributed by atoms with van der Waals surface area (Å²) in [6.45, 7) is -0.382. The molecule has 0 aliphatic rings. The van der Waals surface area contributed by atoms with Crippen LogP contribution in [0.3, 0.4) is 0 Å². The van der Waals surface area contributed by atoms with Gasteiger partial charge >= 0.3 is 6.18 Å². The third-order valence-electron chi connectivity index (χ3n) is 3.49. The molecule has 0 saturated carbocycles. The van der Waals surface area contributed by atoms with Crippen LogP contribution in [-0.4, -0.2) is 38.8 Å². The fraction of sp³-hybridized carbons (Fsp3) is 0.188. The monoisotopic (exact) mass is 368 g/mol. The minimum absolute atomic E-state index is 0.0351. The van der Waals surface area contributed by atoms with Crippen LogP contribution in [0.1, 0.15) is 16.2 Å². The number of amides is 1. The van der Waals surface area contributed by atoms with Crippen molar-refractivity contribution in [3.63, 3.8) is 0 Å². The Hall–Kier alpha value is -3.01. The highest BCUT2D eigenvalue weighted by Crippen LogP contribution is 2.32. The second-order valence-electron chi connectivity index (χ2n) is 5.31. The fourth-order valence-corrected chi connectivity index (χ4v) is 2.32. The molecule has 26 heavy (non-hydrogen) atoms. The zero-order valence-electron chi connectivity index (χ0n) is 13.1. The van der Waals surface area contributed by atoms with Crippen molar-refractivity contribution >= 4 is 11.6 Å². The van der Waals surface area contributed by atoms with Gasteiger partial charge in [-0.3, -0.25) is 4.79 Å². The van der Waals surface area contributed by atoms with Gasteiger partial charge in [0.25, 0.3) is 5.91 Å². The van der Waals surface area contributed by atoms with E-state index in [4.69, 9.17) is 5.11 Å². The highest BCUT2D eigenvalue weighted by atomic mass is 19.4. The van der Waals surface area contributed by atoms with E-state index in [0.717, 1.165) is 24.3 Å². The van der Waals surface area contributed by atoms with E-state index in [2.05, 4.69) is 15.4 Å². The average Bonchev–Trinajstić information content (AvgIpc) is 3.02. The lowest BCUT2D eigenvalue weighted by Gasteiger charge is -2.11. The van der Waals surface area contributed by atoms with Crippen LogP contribution in [0, 0.1) is 5.82 Å². The molecule has 2 N–H and O–H groups in total. The number of carbonyl (C=O) groups is 1. The minimum Gasteiger partial charge on any atom is -0.395 e. The molecular weight excluding hydrogens is 356 g/mol. The number of aliphatic hydroxyl groups is 1. The molecule has 0 spiro atoms. The molecule has 136 valence electrons. The SMILES string of the molecule is O=C(NCCO)c1cc2nc(-c3ccc(F)cc3)cc(C(F)(F)F)n2n1. The Kier molecular flexibility index (Phi) is 4.60. The first kappa shape index (κ1) is 17.8. The Morgan fingerprint density at radius 3 is 2.50 bits per heavy atom. The maximum Gasteiger partial charge on any atom is 0.433 e. The van der Waals surface area contributed by atoms with Gasteiger partial charge in [-0.2, -0.15) is 18.3 Å². The number of nitrogens with zero attached hydrogens (tertiary/aromatic N) is 3. The summed E-state index contributed by atoms with van der Waals surface area (Å²) in [5.41, 5.74) is -1.33. The molecule has 10 heteroatoms. The number of nitrogens with one attached hydrogen (secondary N) is 1. The van der Waals surface area contributed by atoms with E-state index >= 15 is 0 Å². The molecule has 0 aliphatic carbocycles. The normalized spacial score (nSPS) is 11.7. The fourth-order valence-electron chi connectivity index (χ4n) is 2.32. The van der Waals surface area contributed by atoms with Crippen LogP contribution in [0.5, 0.6) is 0 Å².